The van der Waals surface area contributed by atoms with Crippen molar-refractivity contribution in [3.63, 3.8) is 0 Å². The molecule has 0 aliphatic heterocycles. The average molecular weight is 242 g/mol. The fourth-order valence-electron chi connectivity index (χ4n) is 2.13. The summed E-state index contributed by atoms with van der Waals surface area (Å²) < 4.78 is 0. The lowest BCUT2D eigenvalue weighted by Crippen LogP contribution is -2.36. The van der Waals surface area contributed by atoms with Gasteiger partial charge in [0.2, 0.25) is 5.91 Å². The average Bonchev–Trinajstić information content (AvgIpc) is 2.13. The van der Waals surface area contributed by atoms with E-state index in [0.717, 1.165) is 13.0 Å². The van der Waals surface area contributed by atoms with Gasteiger partial charge in [0.25, 0.3) is 0 Å². The Balaban J connectivity index is 4.22. The molecule has 0 aliphatic carbocycles. The molecule has 0 saturated carbocycles. The first kappa shape index (κ1) is 16.4. The van der Waals surface area contributed by atoms with E-state index in [-0.39, 0.29) is 11.3 Å². The van der Waals surface area contributed by atoms with E-state index in [4.69, 9.17) is 5.73 Å². The number of amides is 1. The third-order valence-electron chi connectivity index (χ3n) is 2.74. The van der Waals surface area contributed by atoms with Gasteiger partial charge in [-0.1, -0.05) is 34.6 Å². The zero-order chi connectivity index (χ0) is 13.6. The molecule has 0 aromatic carbocycles. The molecule has 2 N–H and O–H groups in total. The molecule has 0 fully saturated rings. The van der Waals surface area contributed by atoms with Crippen LogP contribution in [0.25, 0.3) is 0 Å². The van der Waals surface area contributed by atoms with Gasteiger partial charge in [-0.25, -0.2) is 0 Å². The quantitative estimate of drug-likeness (QED) is 0.778. The summed E-state index contributed by atoms with van der Waals surface area (Å²) in [5.74, 6) is 1.14. The van der Waals surface area contributed by atoms with Crippen LogP contribution >= 0.6 is 0 Å². The molecule has 0 aliphatic rings. The molecule has 3 heteroatoms. The summed E-state index contributed by atoms with van der Waals surface area (Å²) in [6, 6.07) is 0. The first-order valence-electron chi connectivity index (χ1n) is 6.59. The van der Waals surface area contributed by atoms with Crippen LogP contribution in [0.1, 0.15) is 47.5 Å². The van der Waals surface area contributed by atoms with Crippen LogP contribution in [-0.4, -0.2) is 30.9 Å². The molecule has 1 amide bonds. The number of rotatable bonds is 6. The lowest BCUT2D eigenvalue weighted by molar-refractivity contribution is -0.132. The molecule has 0 aromatic heterocycles. The Kier molecular flexibility index (Phi) is 6.76. The standard InChI is InChI=1S/C14H30N2O/c1-11(2)7-12(9-15)8-13(17)16(6)10-14(3,4)5/h11-12H,7-10,15H2,1-6H3/t12-/m0/s1. The van der Waals surface area contributed by atoms with Crippen LogP contribution < -0.4 is 5.73 Å². The van der Waals surface area contributed by atoms with E-state index in [2.05, 4.69) is 34.6 Å². The Morgan fingerprint density at radius 1 is 1.29 bits per heavy atom. The van der Waals surface area contributed by atoms with Crippen LogP contribution in [0.15, 0.2) is 0 Å². The van der Waals surface area contributed by atoms with Crippen LogP contribution in [0.3, 0.4) is 0 Å². The molecule has 3 nitrogen and oxygen atoms in total. The van der Waals surface area contributed by atoms with Crippen LogP contribution in [-0.2, 0) is 4.79 Å². The molecule has 0 rings (SSSR count). The Bertz CT molecular complexity index is 231. The second-order valence-corrected chi connectivity index (χ2v) is 6.75. The van der Waals surface area contributed by atoms with Crippen molar-refractivity contribution in [2.75, 3.05) is 20.1 Å². The summed E-state index contributed by atoms with van der Waals surface area (Å²) in [4.78, 5) is 13.9. The maximum Gasteiger partial charge on any atom is 0.222 e. The van der Waals surface area contributed by atoms with E-state index in [0.29, 0.717) is 24.8 Å². The van der Waals surface area contributed by atoms with E-state index in [9.17, 15) is 4.79 Å². The summed E-state index contributed by atoms with van der Waals surface area (Å²) in [7, 11) is 1.89. The van der Waals surface area contributed by atoms with Crippen molar-refractivity contribution < 1.29 is 4.79 Å². The molecule has 0 radical (unpaired) electrons. The second kappa shape index (κ2) is 7.00. The van der Waals surface area contributed by atoms with Gasteiger partial charge in [-0.05, 0) is 30.2 Å². The van der Waals surface area contributed by atoms with E-state index in [1.54, 1.807) is 0 Å². The van der Waals surface area contributed by atoms with E-state index in [1.807, 2.05) is 11.9 Å². The van der Waals surface area contributed by atoms with Gasteiger partial charge < -0.3 is 10.6 Å². The molecule has 102 valence electrons. The van der Waals surface area contributed by atoms with E-state index >= 15 is 0 Å². The Morgan fingerprint density at radius 3 is 2.18 bits per heavy atom. The fraction of sp³-hybridized carbons (Fsp3) is 0.929. The maximum absolute atomic E-state index is 12.0. The van der Waals surface area contributed by atoms with Gasteiger partial charge in [0.05, 0.1) is 0 Å². The highest BCUT2D eigenvalue weighted by Crippen LogP contribution is 2.18. The molecule has 0 spiro atoms. The van der Waals surface area contributed by atoms with Gasteiger partial charge in [-0.3, -0.25) is 4.79 Å². The van der Waals surface area contributed by atoms with Crippen molar-refractivity contribution in [3.05, 3.63) is 0 Å². The smallest absolute Gasteiger partial charge is 0.222 e. The van der Waals surface area contributed by atoms with E-state index < -0.39 is 0 Å². The van der Waals surface area contributed by atoms with Gasteiger partial charge in [0.1, 0.15) is 0 Å². The molecule has 0 saturated heterocycles. The lowest BCUT2D eigenvalue weighted by atomic mass is 9.92. The number of hydrogen-bond donors (Lipinski definition) is 1. The highest BCUT2D eigenvalue weighted by atomic mass is 16.2. The van der Waals surface area contributed by atoms with Crippen molar-refractivity contribution in [3.8, 4) is 0 Å². The summed E-state index contributed by atoms with van der Waals surface area (Å²) in [6.45, 7) is 12.2. The number of hydrogen-bond acceptors (Lipinski definition) is 2. The molecule has 0 unspecified atom stereocenters. The minimum Gasteiger partial charge on any atom is -0.345 e. The molecule has 17 heavy (non-hydrogen) atoms. The largest absolute Gasteiger partial charge is 0.345 e. The maximum atomic E-state index is 12.0. The topological polar surface area (TPSA) is 46.3 Å². The lowest BCUT2D eigenvalue weighted by Gasteiger charge is -2.28. The first-order valence-corrected chi connectivity index (χ1v) is 6.59. The fourth-order valence-corrected chi connectivity index (χ4v) is 2.13. The van der Waals surface area contributed by atoms with Crippen molar-refractivity contribution in [2.45, 2.75) is 47.5 Å². The van der Waals surface area contributed by atoms with Gasteiger partial charge in [-0.2, -0.15) is 0 Å². The minimum atomic E-state index is 0.153. The monoisotopic (exact) mass is 242 g/mol. The number of carbonyl (C=O) groups excluding carboxylic acids is 1. The van der Waals surface area contributed by atoms with Crippen molar-refractivity contribution in [1.29, 1.82) is 0 Å². The SMILES string of the molecule is CC(C)C[C@H](CN)CC(=O)N(C)CC(C)(C)C. The van der Waals surface area contributed by atoms with E-state index in [1.165, 1.54) is 0 Å². The Hall–Kier alpha value is -0.570. The summed E-state index contributed by atoms with van der Waals surface area (Å²) >= 11 is 0. The highest BCUT2D eigenvalue weighted by Gasteiger charge is 2.20. The van der Waals surface area contributed by atoms with Gasteiger partial charge in [0, 0.05) is 20.0 Å². The number of nitrogens with zero attached hydrogens (tertiary/aromatic N) is 1. The summed E-state index contributed by atoms with van der Waals surface area (Å²) in [5.41, 5.74) is 5.88. The predicted octanol–water partition coefficient (Wildman–Crippen LogP) is 2.50. The third kappa shape index (κ3) is 8.19. The van der Waals surface area contributed by atoms with Gasteiger partial charge in [0.15, 0.2) is 0 Å². The van der Waals surface area contributed by atoms with Crippen LogP contribution in [0.2, 0.25) is 0 Å². The summed E-state index contributed by atoms with van der Waals surface area (Å²) in [6.07, 6.45) is 1.62. The third-order valence-corrected chi connectivity index (χ3v) is 2.74. The second-order valence-electron chi connectivity index (χ2n) is 6.75. The van der Waals surface area contributed by atoms with Crippen LogP contribution in [0.4, 0.5) is 0 Å². The van der Waals surface area contributed by atoms with Crippen LogP contribution in [0.5, 0.6) is 0 Å². The van der Waals surface area contributed by atoms with Crippen molar-refractivity contribution in [2.24, 2.45) is 23.0 Å². The number of nitrogens with two attached hydrogens (primary N) is 1. The minimum absolute atomic E-state index is 0.153. The van der Waals surface area contributed by atoms with Gasteiger partial charge in [-0.15, -0.1) is 0 Å². The molecule has 0 aromatic rings. The number of carbonyl (C=O) groups is 1. The molecule has 0 heterocycles. The van der Waals surface area contributed by atoms with Crippen molar-refractivity contribution in [1.82, 2.24) is 4.90 Å². The van der Waals surface area contributed by atoms with Crippen LogP contribution in [0, 0.1) is 17.3 Å². The zero-order valence-electron chi connectivity index (χ0n) is 12.4. The molecular weight excluding hydrogens is 212 g/mol. The Labute approximate surface area is 107 Å². The first-order chi connectivity index (χ1) is 7.65. The molecular formula is C14H30N2O. The normalized spacial score (nSPS) is 13.9. The Morgan fingerprint density at radius 2 is 1.82 bits per heavy atom. The van der Waals surface area contributed by atoms with Crippen molar-refractivity contribution >= 4 is 5.91 Å². The summed E-state index contributed by atoms with van der Waals surface area (Å²) in [5, 5.41) is 0. The predicted molar refractivity (Wildman–Crippen MR) is 73.7 cm³/mol. The molecule has 0 bridgehead atoms. The van der Waals surface area contributed by atoms with Gasteiger partial charge >= 0.3 is 0 Å². The highest BCUT2D eigenvalue weighted by molar-refractivity contribution is 5.76. The zero-order valence-corrected chi connectivity index (χ0v) is 12.4. The molecule has 1 atom stereocenters.